The molecular weight excluding hydrogens is 420 g/mol. The van der Waals surface area contributed by atoms with E-state index in [1.54, 1.807) is 36.7 Å². The molecule has 3 aromatic rings. The van der Waals surface area contributed by atoms with Crippen LogP contribution in [0.3, 0.4) is 0 Å². The van der Waals surface area contributed by atoms with Crippen LogP contribution in [-0.2, 0) is 10.0 Å². The molecule has 1 aliphatic rings. The zero-order valence-corrected chi connectivity index (χ0v) is 18.6. The van der Waals surface area contributed by atoms with Crippen molar-refractivity contribution in [2.24, 2.45) is 0 Å². The maximum atomic E-state index is 12.9. The summed E-state index contributed by atoms with van der Waals surface area (Å²) in [5.74, 6) is 1.34. The van der Waals surface area contributed by atoms with Crippen molar-refractivity contribution in [1.29, 1.82) is 0 Å². The summed E-state index contributed by atoms with van der Waals surface area (Å²) in [5.41, 5.74) is 1.75. The zero-order chi connectivity index (χ0) is 21.1. The monoisotopic (exact) mass is 444 g/mol. The predicted molar refractivity (Wildman–Crippen MR) is 121 cm³/mol. The van der Waals surface area contributed by atoms with Crippen LogP contribution in [0.1, 0.15) is 29.8 Å². The van der Waals surface area contributed by atoms with Gasteiger partial charge in [-0.2, -0.15) is 4.31 Å². The third-order valence-corrected chi connectivity index (χ3v) is 8.03. The van der Waals surface area contributed by atoms with E-state index in [0.717, 1.165) is 40.1 Å². The average Bonchev–Trinajstić information content (AvgIpc) is 3.20. The zero-order valence-electron chi connectivity index (χ0n) is 17.0. The molecule has 0 radical (unpaired) electrons. The largest absolute Gasteiger partial charge is 0.493 e. The summed E-state index contributed by atoms with van der Waals surface area (Å²) < 4.78 is 38.9. The maximum absolute atomic E-state index is 12.9. The first-order chi connectivity index (χ1) is 14.5. The van der Waals surface area contributed by atoms with E-state index in [1.807, 2.05) is 30.4 Å². The molecule has 30 heavy (non-hydrogen) atoms. The molecule has 0 unspecified atom stereocenters. The van der Waals surface area contributed by atoms with Crippen LogP contribution in [0.2, 0.25) is 0 Å². The molecule has 2 aromatic carbocycles. The normalized spacial score (nSPS) is 15.7. The summed E-state index contributed by atoms with van der Waals surface area (Å²) in [7, 11) is -0.234. The topological polar surface area (TPSA) is 68.7 Å². The van der Waals surface area contributed by atoms with Crippen molar-refractivity contribution in [2.75, 3.05) is 27.3 Å². The molecule has 1 saturated heterocycles. The molecule has 1 aliphatic heterocycles. The number of sulfonamides is 1. The quantitative estimate of drug-likeness (QED) is 0.553. The first-order valence-electron chi connectivity index (χ1n) is 9.82. The van der Waals surface area contributed by atoms with Crippen LogP contribution < -0.4 is 9.47 Å². The number of ether oxygens (including phenoxy) is 2. The van der Waals surface area contributed by atoms with Crippen LogP contribution in [0.25, 0.3) is 22.4 Å². The van der Waals surface area contributed by atoms with E-state index in [1.165, 1.54) is 11.3 Å². The molecule has 158 valence electrons. The Morgan fingerprint density at radius 2 is 1.73 bits per heavy atom. The summed E-state index contributed by atoms with van der Waals surface area (Å²) >= 11 is 1.47. The summed E-state index contributed by atoms with van der Waals surface area (Å²) in [5, 5.41) is 0.812. The van der Waals surface area contributed by atoms with Gasteiger partial charge in [-0.25, -0.2) is 13.4 Å². The van der Waals surface area contributed by atoms with Crippen molar-refractivity contribution in [1.82, 2.24) is 9.29 Å². The third kappa shape index (κ3) is 4.21. The van der Waals surface area contributed by atoms with Gasteiger partial charge in [-0.15, -0.1) is 11.3 Å². The second kappa shape index (κ2) is 8.75. The van der Waals surface area contributed by atoms with Crippen molar-refractivity contribution in [3.8, 4) is 11.5 Å². The third-order valence-electron chi connectivity index (χ3n) is 5.16. The Hall–Kier alpha value is -2.42. The van der Waals surface area contributed by atoms with Crippen LogP contribution in [0, 0.1) is 0 Å². The summed E-state index contributed by atoms with van der Waals surface area (Å²) in [6.45, 7) is 1.20. The standard InChI is InChI=1S/C22H24N2O4S2/c1-27-19-10-6-16(14-20(19)28-2)7-11-22-23-18-9-8-17(15-21(18)29-22)30(25,26)24-12-4-3-5-13-24/h6-11,14-15H,3-5,12-13H2,1-2H3. The van der Waals surface area contributed by atoms with Crippen molar-refractivity contribution in [2.45, 2.75) is 24.2 Å². The van der Waals surface area contributed by atoms with E-state index in [2.05, 4.69) is 4.98 Å². The fourth-order valence-electron chi connectivity index (χ4n) is 3.53. The molecule has 1 fully saturated rings. The lowest BCUT2D eigenvalue weighted by molar-refractivity contribution is 0.346. The summed E-state index contributed by atoms with van der Waals surface area (Å²) in [4.78, 5) is 4.95. The van der Waals surface area contributed by atoms with Gasteiger partial charge < -0.3 is 9.47 Å². The summed E-state index contributed by atoms with van der Waals surface area (Å²) in [6, 6.07) is 10.9. The van der Waals surface area contributed by atoms with Gasteiger partial charge in [-0.3, -0.25) is 0 Å². The Morgan fingerprint density at radius 1 is 0.967 bits per heavy atom. The molecule has 0 saturated carbocycles. The Balaban J connectivity index is 1.59. The van der Waals surface area contributed by atoms with Gasteiger partial charge in [0.05, 0.1) is 29.3 Å². The molecule has 0 aliphatic carbocycles. The number of benzene rings is 2. The van der Waals surface area contributed by atoms with Crippen LogP contribution in [0.5, 0.6) is 11.5 Å². The van der Waals surface area contributed by atoms with E-state index >= 15 is 0 Å². The Labute approximate surface area is 180 Å². The minimum Gasteiger partial charge on any atom is -0.493 e. The van der Waals surface area contributed by atoms with Gasteiger partial charge in [0.2, 0.25) is 10.0 Å². The molecule has 0 N–H and O–H groups in total. The SMILES string of the molecule is COc1ccc(C=Cc2nc3ccc(S(=O)(=O)N4CCCCC4)cc3s2)cc1OC. The lowest BCUT2D eigenvalue weighted by Crippen LogP contribution is -2.35. The second-order valence-corrected chi connectivity index (χ2v) is 10.1. The highest BCUT2D eigenvalue weighted by molar-refractivity contribution is 7.89. The molecule has 8 heteroatoms. The average molecular weight is 445 g/mol. The predicted octanol–water partition coefficient (Wildman–Crippen LogP) is 4.66. The van der Waals surface area contributed by atoms with E-state index in [9.17, 15) is 8.42 Å². The molecule has 0 atom stereocenters. The number of piperidine rings is 1. The molecule has 0 spiro atoms. The Kier molecular flexibility index (Phi) is 6.08. The molecule has 6 nitrogen and oxygen atoms in total. The van der Waals surface area contributed by atoms with E-state index < -0.39 is 10.0 Å². The molecule has 4 rings (SSSR count). The maximum Gasteiger partial charge on any atom is 0.243 e. The number of fused-ring (bicyclic) bond motifs is 1. The molecular formula is C22H24N2O4S2. The van der Waals surface area contributed by atoms with Crippen LogP contribution in [0.4, 0.5) is 0 Å². The van der Waals surface area contributed by atoms with Gasteiger partial charge in [0.25, 0.3) is 0 Å². The smallest absolute Gasteiger partial charge is 0.243 e. The lowest BCUT2D eigenvalue weighted by Gasteiger charge is -2.25. The van der Waals surface area contributed by atoms with Crippen LogP contribution >= 0.6 is 11.3 Å². The molecule has 0 bridgehead atoms. The second-order valence-electron chi connectivity index (χ2n) is 7.09. The highest BCUT2D eigenvalue weighted by Crippen LogP contribution is 2.30. The highest BCUT2D eigenvalue weighted by atomic mass is 32.2. The van der Waals surface area contributed by atoms with Gasteiger partial charge in [0.15, 0.2) is 11.5 Å². The number of hydrogen-bond donors (Lipinski definition) is 0. The molecule has 1 aromatic heterocycles. The van der Waals surface area contributed by atoms with Crippen LogP contribution in [0.15, 0.2) is 41.3 Å². The Morgan fingerprint density at radius 3 is 2.47 bits per heavy atom. The van der Waals surface area contributed by atoms with Crippen molar-refractivity contribution in [3.05, 3.63) is 47.0 Å². The van der Waals surface area contributed by atoms with Gasteiger partial charge in [0.1, 0.15) is 5.01 Å². The van der Waals surface area contributed by atoms with Crippen LogP contribution in [-0.4, -0.2) is 45.0 Å². The van der Waals surface area contributed by atoms with Crippen molar-refractivity contribution >= 4 is 43.7 Å². The van der Waals surface area contributed by atoms with Gasteiger partial charge in [0, 0.05) is 13.1 Å². The van der Waals surface area contributed by atoms with E-state index in [4.69, 9.17) is 9.47 Å². The minimum atomic E-state index is -3.45. The van der Waals surface area contributed by atoms with E-state index in [-0.39, 0.29) is 0 Å². The number of aromatic nitrogens is 1. The number of rotatable bonds is 6. The Bertz CT molecular complexity index is 1180. The number of thiazole rings is 1. The van der Waals surface area contributed by atoms with Gasteiger partial charge in [-0.1, -0.05) is 18.6 Å². The first-order valence-corrected chi connectivity index (χ1v) is 12.1. The highest BCUT2D eigenvalue weighted by Gasteiger charge is 2.26. The fraction of sp³-hybridized carbons (Fsp3) is 0.318. The molecule has 2 heterocycles. The minimum absolute atomic E-state index is 0.343. The van der Waals surface area contributed by atoms with Crippen molar-refractivity contribution < 1.29 is 17.9 Å². The van der Waals surface area contributed by atoms with Gasteiger partial charge in [-0.05, 0) is 54.8 Å². The van der Waals surface area contributed by atoms with Gasteiger partial charge >= 0.3 is 0 Å². The molecule has 0 amide bonds. The fourth-order valence-corrected chi connectivity index (χ4v) is 6.06. The number of hydrogen-bond acceptors (Lipinski definition) is 6. The van der Waals surface area contributed by atoms with E-state index in [0.29, 0.717) is 29.5 Å². The lowest BCUT2D eigenvalue weighted by atomic mass is 10.2. The first kappa shape index (κ1) is 20.8. The van der Waals surface area contributed by atoms with Crippen molar-refractivity contribution in [3.63, 3.8) is 0 Å². The summed E-state index contributed by atoms with van der Waals surface area (Å²) in [6.07, 6.45) is 6.81. The number of methoxy groups -OCH3 is 2. The number of nitrogens with zero attached hydrogens (tertiary/aromatic N) is 2.